The van der Waals surface area contributed by atoms with Crippen molar-refractivity contribution in [3.63, 3.8) is 0 Å². The number of hydrogen-bond acceptors (Lipinski definition) is 4. The molecule has 1 fully saturated rings. The highest BCUT2D eigenvalue weighted by atomic mass is 31.2. The Hall–Kier alpha value is -0.460. The van der Waals surface area contributed by atoms with E-state index in [1.165, 1.54) is 0 Å². The molecule has 1 aliphatic rings. The van der Waals surface area contributed by atoms with Gasteiger partial charge in [-0.2, -0.15) is 0 Å². The van der Waals surface area contributed by atoms with Gasteiger partial charge >= 0.3 is 13.6 Å². The van der Waals surface area contributed by atoms with Crippen LogP contribution in [0, 0.1) is 0 Å². The second-order valence-corrected chi connectivity index (χ2v) is 6.05. The normalized spacial score (nSPS) is 28.4. The number of aliphatic hydroxyl groups is 1. The van der Waals surface area contributed by atoms with Crippen LogP contribution in [-0.4, -0.2) is 43.9 Å². The molecule has 3 unspecified atom stereocenters. The highest BCUT2D eigenvalue weighted by Crippen LogP contribution is 2.40. The Kier molecular flexibility index (Phi) is 5.09. The zero-order valence-corrected chi connectivity index (χ0v) is 10.2. The molecule has 7 nitrogen and oxygen atoms in total. The second-order valence-electron chi connectivity index (χ2n) is 4.36. The van der Waals surface area contributed by atoms with E-state index in [2.05, 4.69) is 5.32 Å². The van der Waals surface area contributed by atoms with Gasteiger partial charge in [-0.3, -0.25) is 9.88 Å². The number of carboxylic acids is 1. The molecule has 0 bridgehead atoms. The van der Waals surface area contributed by atoms with E-state index < -0.39 is 25.5 Å². The zero-order chi connectivity index (χ0) is 13.1. The lowest BCUT2D eigenvalue weighted by atomic mass is 10.1. The minimum Gasteiger partial charge on any atom is -0.480 e. The molecule has 0 aromatic rings. The van der Waals surface area contributed by atoms with E-state index >= 15 is 0 Å². The smallest absolute Gasteiger partial charge is 0.353 e. The summed E-state index contributed by atoms with van der Waals surface area (Å²) in [6, 6.07) is -0.277. The first-order chi connectivity index (χ1) is 7.80. The molecule has 0 radical (unpaired) electrons. The monoisotopic (exact) mass is 267 g/mol. The summed E-state index contributed by atoms with van der Waals surface area (Å²) in [7, 11) is -4.70. The van der Waals surface area contributed by atoms with E-state index in [9.17, 15) is 14.5 Å². The molecule has 8 heteroatoms. The second kappa shape index (κ2) is 5.93. The molecule has 0 aromatic carbocycles. The summed E-state index contributed by atoms with van der Waals surface area (Å²) < 4.78 is 11.0. The predicted molar refractivity (Wildman–Crippen MR) is 59.5 cm³/mol. The van der Waals surface area contributed by atoms with Crippen molar-refractivity contribution >= 4 is 13.6 Å². The molecule has 1 aliphatic carbocycles. The lowest BCUT2D eigenvalue weighted by Crippen LogP contribution is -2.43. The van der Waals surface area contributed by atoms with Crippen molar-refractivity contribution in [3.05, 3.63) is 0 Å². The molecular formula is C9H18NO6P. The van der Waals surface area contributed by atoms with Crippen LogP contribution in [0.3, 0.4) is 0 Å². The number of nitrogens with one attached hydrogen (secondary N) is 1. The number of aliphatic carboxylic acids is 1. The van der Waals surface area contributed by atoms with Crippen molar-refractivity contribution < 1.29 is 29.4 Å². The van der Waals surface area contributed by atoms with Gasteiger partial charge in [-0.15, -0.1) is 0 Å². The Bertz CT molecular complexity index is 317. The molecule has 0 amide bonds. The van der Waals surface area contributed by atoms with Crippen molar-refractivity contribution in [1.29, 1.82) is 0 Å². The highest BCUT2D eigenvalue weighted by molar-refractivity contribution is 7.53. The fraction of sp³-hybridized carbons (Fsp3) is 0.889. The van der Waals surface area contributed by atoms with Crippen LogP contribution in [-0.2, 0) is 9.36 Å². The molecule has 0 heterocycles. The van der Waals surface area contributed by atoms with E-state index in [1.807, 2.05) is 0 Å². The largest absolute Gasteiger partial charge is 0.480 e. The lowest BCUT2D eigenvalue weighted by Gasteiger charge is -2.22. The van der Waals surface area contributed by atoms with E-state index in [4.69, 9.17) is 14.9 Å². The highest BCUT2D eigenvalue weighted by Gasteiger charge is 2.37. The molecule has 100 valence electrons. The first-order valence-corrected chi connectivity index (χ1v) is 7.21. The Morgan fingerprint density at radius 3 is 2.41 bits per heavy atom. The number of carbonyl (C=O) groups is 1. The van der Waals surface area contributed by atoms with Crippen LogP contribution < -0.4 is 5.32 Å². The number of rotatable bonds is 4. The third kappa shape index (κ3) is 4.73. The van der Waals surface area contributed by atoms with E-state index in [1.54, 1.807) is 0 Å². The van der Waals surface area contributed by atoms with Crippen LogP contribution in [0.15, 0.2) is 0 Å². The SMILES string of the molecule is O=C(O)C(NC1CCCC(O)CC1)P(=O)(O)O. The Morgan fingerprint density at radius 1 is 1.24 bits per heavy atom. The first-order valence-electron chi connectivity index (χ1n) is 5.53. The van der Waals surface area contributed by atoms with Gasteiger partial charge in [-0.1, -0.05) is 0 Å². The van der Waals surface area contributed by atoms with Gasteiger partial charge in [0.25, 0.3) is 0 Å². The molecule has 0 saturated heterocycles. The summed E-state index contributed by atoms with van der Waals surface area (Å²) in [5.74, 6) is -3.41. The van der Waals surface area contributed by atoms with E-state index in [-0.39, 0.29) is 6.04 Å². The fourth-order valence-corrected chi connectivity index (χ4v) is 2.68. The molecule has 0 aromatic heterocycles. The van der Waals surface area contributed by atoms with Crippen LogP contribution in [0.2, 0.25) is 0 Å². The minimum atomic E-state index is -4.70. The quantitative estimate of drug-likeness (QED) is 0.354. The number of hydrogen-bond donors (Lipinski definition) is 5. The molecule has 0 aliphatic heterocycles. The zero-order valence-electron chi connectivity index (χ0n) is 9.32. The van der Waals surface area contributed by atoms with Crippen LogP contribution in [0.25, 0.3) is 0 Å². The van der Waals surface area contributed by atoms with Crippen LogP contribution >= 0.6 is 7.60 Å². The molecule has 17 heavy (non-hydrogen) atoms. The summed E-state index contributed by atoms with van der Waals surface area (Å²) in [6.45, 7) is 0. The summed E-state index contributed by atoms with van der Waals surface area (Å²) in [5.41, 5.74) is 0. The van der Waals surface area contributed by atoms with Gasteiger partial charge in [0, 0.05) is 6.04 Å². The van der Waals surface area contributed by atoms with E-state index in [0.29, 0.717) is 32.1 Å². The van der Waals surface area contributed by atoms with Crippen molar-refractivity contribution in [2.45, 2.75) is 50.0 Å². The van der Waals surface area contributed by atoms with Gasteiger partial charge in [0.2, 0.25) is 5.78 Å². The summed E-state index contributed by atoms with van der Waals surface area (Å²) in [5, 5.41) is 20.7. The van der Waals surface area contributed by atoms with Crippen molar-refractivity contribution in [3.8, 4) is 0 Å². The standard InChI is InChI=1S/C9H18NO6P/c11-7-3-1-2-6(4-5-7)10-8(9(12)13)17(14,15)16/h6-8,10-11H,1-5H2,(H,12,13)(H2,14,15,16). The molecule has 1 rings (SSSR count). The maximum absolute atomic E-state index is 11.0. The van der Waals surface area contributed by atoms with Gasteiger partial charge in [0.1, 0.15) is 0 Å². The number of aliphatic hydroxyl groups excluding tert-OH is 1. The van der Waals surface area contributed by atoms with Crippen molar-refractivity contribution in [1.82, 2.24) is 5.32 Å². The molecular weight excluding hydrogens is 249 g/mol. The molecule has 1 saturated carbocycles. The Morgan fingerprint density at radius 2 is 1.88 bits per heavy atom. The third-order valence-corrected chi connectivity index (χ3v) is 3.94. The summed E-state index contributed by atoms with van der Waals surface area (Å²) in [4.78, 5) is 28.6. The van der Waals surface area contributed by atoms with Crippen LogP contribution in [0.4, 0.5) is 0 Å². The maximum atomic E-state index is 11.0. The Labute approximate surface area is 99.0 Å². The van der Waals surface area contributed by atoms with Crippen molar-refractivity contribution in [2.75, 3.05) is 0 Å². The average Bonchev–Trinajstić information content (AvgIpc) is 2.37. The van der Waals surface area contributed by atoms with Crippen LogP contribution in [0.5, 0.6) is 0 Å². The topological polar surface area (TPSA) is 127 Å². The predicted octanol–water partition coefficient (Wildman–Crippen LogP) is -0.142. The van der Waals surface area contributed by atoms with Crippen molar-refractivity contribution in [2.24, 2.45) is 0 Å². The lowest BCUT2D eigenvalue weighted by molar-refractivity contribution is -0.137. The van der Waals surface area contributed by atoms with Gasteiger partial charge in [0.05, 0.1) is 6.10 Å². The summed E-state index contributed by atoms with van der Waals surface area (Å²) in [6.07, 6.45) is 2.61. The summed E-state index contributed by atoms with van der Waals surface area (Å²) >= 11 is 0. The fourth-order valence-electron chi connectivity index (χ4n) is 1.98. The van der Waals surface area contributed by atoms with Gasteiger partial charge in [0.15, 0.2) is 0 Å². The molecule has 0 spiro atoms. The minimum absolute atomic E-state index is 0.277. The molecule has 3 atom stereocenters. The first kappa shape index (κ1) is 14.6. The maximum Gasteiger partial charge on any atom is 0.353 e. The van der Waals surface area contributed by atoms with Gasteiger partial charge in [-0.05, 0) is 32.1 Å². The van der Waals surface area contributed by atoms with Gasteiger partial charge < -0.3 is 20.0 Å². The molecule has 5 N–H and O–H groups in total. The number of carboxylic acid groups (broad SMARTS) is 1. The Balaban J connectivity index is 2.61. The van der Waals surface area contributed by atoms with E-state index in [0.717, 1.165) is 0 Å². The third-order valence-electron chi connectivity index (χ3n) is 2.90. The van der Waals surface area contributed by atoms with Crippen LogP contribution in [0.1, 0.15) is 32.1 Å². The average molecular weight is 267 g/mol. The van der Waals surface area contributed by atoms with Gasteiger partial charge in [-0.25, -0.2) is 4.79 Å².